The monoisotopic (exact) mass is 456 g/mol. The van der Waals surface area contributed by atoms with Crippen molar-refractivity contribution < 1.29 is 14.0 Å². The first kappa shape index (κ1) is 21.3. The van der Waals surface area contributed by atoms with E-state index in [2.05, 4.69) is 30.5 Å². The van der Waals surface area contributed by atoms with Crippen LogP contribution in [-0.4, -0.2) is 85.3 Å². The Bertz CT molecular complexity index is 1250. The molecule has 2 amide bonds. The number of halogens is 1. The number of rotatable bonds is 5. The summed E-state index contributed by atoms with van der Waals surface area (Å²) in [5.41, 5.74) is 1.07. The minimum Gasteiger partial charge on any atom is -0.349 e. The lowest BCUT2D eigenvalue weighted by molar-refractivity contribution is 0.0712. The van der Waals surface area contributed by atoms with Crippen LogP contribution in [0.4, 0.5) is 4.39 Å². The van der Waals surface area contributed by atoms with Gasteiger partial charge in [0.1, 0.15) is 17.4 Å². The Kier molecular flexibility index (Phi) is 5.44. The number of hydrogen-bond acceptors (Lipinski definition) is 6. The lowest BCUT2D eigenvalue weighted by Gasteiger charge is -2.23. The summed E-state index contributed by atoms with van der Waals surface area (Å²) in [7, 11) is 2.03. The molecule has 0 aliphatic carbocycles. The first-order chi connectivity index (χ1) is 15.9. The van der Waals surface area contributed by atoms with Crippen LogP contribution < -0.4 is 10.9 Å². The SMILES string of the molecule is CN1CCCC1c1cc(C(=O)N2C[C@@H](F)C[C@H]2CNC(=O)c2cc3c(=O)[nH]ccn3n2)n[nH]1. The number of aromatic amines is 2. The zero-order valence-electron chi connectivity index (χ0n) is 18.1. The molecule has 33 heavy (non-hydrogen) atoms. The minimum absolute atomic E-state index is 0.0470. The quantitative estimate of drug-likeness (QED) is 0.512. The highest BCUT2D eigenvalue weighted by molar-refractivity contribution is 5.94. The Morgan fingerprint density at radius 3 is 2.91 bits per heavy atom. The summed E-state index contributed by atoms with van der Waals surface area (Å²) in [5.74, 6) is -0.865. The molecule has 0 radical (unpaired) electrons. The van der Waals surface area contributed by atoms with Crippen molar-refractivity contribution in [2.45, 2.75) is 37.5 Å². The summed E-state index contributed by atoms with van der Waals surface area (Å²) in [6.45, 7) is 1.01. The number of aromatic nitrogens is 5. The van der Waals surface area contributed by atoms with E-state index in [1.54, 1.807) is 6.07 Å². The van der Waals surface area contributed by atoms with Gasteiger partial charge >= 0.3 is 0 Å². The highest BCUT2D eigenvalue weighted by Gasteiger charge is 2.37. The molecule has 5 heterocycles. The Morgan fingerprint density at radius 2 is 2.15 bits per heavy atom. The van der Waals surface area contributed by atoms with Crippen LogP contribution in [0.3, 0.4) is 0 Å². The summed E-state index contributed by atoms with van der Waals surface area (Å²) in [6, 6.07) is 2.81. The summed E-state index contributed by atoms with van der Waals surface area (Å²) in [6.07, 6.45) is 3.98. The Labute approximate surface area is 187 Å². The molecule has 3 N–H and O–H groups in total. The second-order valence-corrected chi connectivity index (χ2v) is 8.65. The summed E-state index contributed by atoms with van der Waals surface area (Å²) >= 11 is 0. The standard InChI is InChI=1S/C21H25FN8O3/c1-28-5-2-3-17(28)14-8-16(26-25-14)21(33)29-11-12(22)7-13(29)10-24-19(31)15-9-18-20(32)23-4-6-30(18)27-15/h4,6,8-9,12-13,17H,2-3,5,7,10-11H2,1H3,(H,23,32)(H,24,31)(H,25,26)/t12-,13-,17?/m0/s1. The number of likely N-dealkylation sites (tertiary alicyclic amines) is 2. The first-order valence-corrected chi connectivity index (χ1v) is 11.0. The summed E-state index contributed by atoms with van der Waals surface area (Å²) in [4.78, 5) is 43.6. The molecule has 2 saturated heterocycles. The number of H-pyrrole nitrogens is 2. The Hall–Kier alpha value is -3.54. The van der Waals surface area contributed by atoms with Gasteiger partial charge in [0.05, 0.1) is 24.3 Å². The fourth-order valence-electron chi connectivity index (χ4n) is 4.72. The molecule has 2 fully saturated rings. The van der Waals surface area contributed by atoms with Gasteiger partial charge in [-0.05, 0) is 32.5 Å². The molecular formula is C21H25FN8O3. The number of nitrogens with one attached hydrogen (secondary N) is 3. The van der Waals surface area contributed by atoms with E-state index < -0.39 is 18.1 Å². The normalized spacial score (nSPS) is 23.5. The van der Waals surface area contributed by atoms with Gasteiger partial charge in [-0.15, -0.1) is 0 Å². The zero-order chi connectivity index (χ0) is 23.1. The van der Waals surface area contributed by atoms with Gasteiger partial charge in [0.2, 0.25) is 0 Å². The van der Waals surface area contributed by atoms with Crippen molar-refractivity contribution in [2.75, 3.05) is 26.7 Å². The van der Waals surface area contributed by atoms with Gasteiger partial charge in [-0.2, -0.15) is 10.2 Å². The van der Waals surface area contributed by atoms with Gasteiger partial charge in [0.15, 0.2) is 5.69 Å². The largest absolute Gasteiger partial charge is 0.349 e. The number of nitrogens with zero attached hydrogens (tertiary/aromatic N) is 5. The van der Waals surface area contributed by atoms with Crippen molar-refractivity contribution in [3.05, 3.63) is 52.0 Å². The lowest BCUT2D eigenvalue weighted by Crippen LogP contribution is -2.43. The van der Waals surface area contributed by atoms with Crippen molar-refractivity contribution in [2.24, 2.45) is 0 Å². The van der Waals surface area contributed by atoms with E-state index in [1.165, 1.54) is 27.9 Å². The minimum atomic E-state index is -1.18. The predicted molar refractivity (Wildman–Crippen MR) is 116 cm³/mol. The second kappa shape index (κ2) is 8.43. The van der Waals surface area contributed by atoms with Crippen LogP contribution in [0, 0.1) is 0 Å². The van der Waals surface area contributed by atoms with E-state index in [4.69, 9.17) is 0 Å². The number of hydrogen-bond donors (Lipinski definition) is 3. The molecule has 0 saturated carbocycles. The van der Waals surface area contributed by atoms with Crippen molar-refractivity contribution in [3.8, 4) is 0 Å². The van der Waals surface area contributed by atoms with Gasteiger partial charge in [0.25, 0.3) is 17.4 Å². The topological polar surface area (TPSA) is 131 Å². The van der Waals surface area contributed by atoms with E-state index in [9.17, 15) is 18.8 Å². The molecule has 11 nitrogen and oxygen atoms in total. The number of fused-ring (bicyclic) bond motifs is 1. The van der Waals surface area contributed by atoms with Crippen molar-refractivity contribution in [3.63, 3.8) is 0 Å². The highest BCUT2D eigenvalue weighted by Crippen LogP contribution is 2.30. The Balaban J connectivity index is 1.26. The predicted octanol–water partition coefficient (Wildman–Crippen LogP) is 0.495. The maximum Gasteiger partial charge on any atom is 0.274 e. The maximum absolute atomic E-state index is 14.2. The zero-order valence-corrected chi connectivity index (χ0v) is 18.1. The van der Waals surface area contributed by atoms with Crippen LogP contribution in [0.1, 0.15) is 52.0 Å². The van der Waals surface area contributed by atoms with Gasteiger partial charge in [-0.25, -0.2) is 8.91 Å². The highest BCUT2D eigenvalue weighted by atomic mass is 19.1. The Morgan fingerprint density at radius 1 is 1.30 bits per heavy atom. The molecule has 3 aromatic rings. The maximum atomic E-state index is 14.2. The molecule has 12 heteroatoms. The number of alkyl halides is 1. The fourth-order valence-corrected chi connectivity index (χ4v) is 4.72. The van der Waals surface area contributed by atoms with E-state index in [-0.39, 0.29) is 53.9 Å². The van der Waals surface area contributed by atoms with Crippen LogP contribution >= 0.6 is 0 Å². The average Bonchev–Trinajstić information content (AvgIpc) is 3.57. The smallest absolute Gasteiger partial charge is 0.274 e. The third-order valence-corrected chi connectivity index (χ3v) is 6.45. The molecule has 0 bridgehead atoms. The van der Waals surface area contributed by atoms with E-state index >= 15 is 0 Å². The van der Waals surface area contributed by atoms with E-state index in [0.717, 1.165) is 25.1 Å². The molecule has 1 unspecified atom stereocenters. The molecule has 2 aliphatic heterocycles. The number of carbonyl (C=O) groups excluding carboxylic acids is 2. The molecule has 3 aromatic heterocycles. The molecule has 3 atom stereocenters. The molecule has 0 spiro atoms. The van der Waals surface area contributed by atoms with Gasteiger partial charge in [0, 0.05) is 31.4 Å². The van der Waals surface area contributed by atoms with Crippen LogP contribution in [0.25, 0.3) is 5.52 Å². The fraction of sp³-hybridized carbons (Fsp3) is 0.476. The van der Waals surface area contributed by atoms with Crippen LogP contribution in [0.5, 0.6) is 0 Å². The van der Waals surface area contributed by atoms with Crippen LogP contribution in [0.2, 0.25) is 0 Å². The van der Waals surface area contributed by atoms with E-state index in [0.29, 0.717) is 0 Å². The lowest BCUT2D eigenvalue weighted by atomic mass is 10.1. The van der Waals surface area contributed by atoms with Gasteiger partial charge in [-0.1, -0.05) is 0 Å². The van der Waals surface area contributed by atoms with Crippen molar-refractivity contribution in [1.82, 2.24) is 39.9 Å². The van der Waals surface area contributed by atoms with Gasteiger partial charge in [-0.3, -0.25) is 24.4 Å². The third kappa shape index (κ3) is 4.01. The second-order valence-electron chi connectivity index (χ2n) is 8.65. The summed E-state index contributed by atoms with van der Waals surface area (Å²) < 4.78 is 15.6. The average molecular weight is 456 g/mol. The molecule has 2 aliphatic rings. The first-order valence-electron chi connectivity index (χ1n) is 11.0. The van der Waals surface area contributed by atoms with Crippen molar-refractivity contribution >= 4 is 17.3 Å². The molecular weight excluding hydrogens is 431 g/mol. The van der Waals surface area contributed by atoms with Crippen LogP contribution in [0.15, 0.2) is 29.3 Å². The number of amides is 2. The van der Waals surface area contributed by atoms with Crippen LogP contribution in [-0.2, 0) is 0 Å². The number of carbonyl (C=O) groups is 2. The van der Waals surface area contributed by atoms with Crippen molar-refractivity contribution in [1.29, 1.82) is 0 Å². The van der Waals surface area contributed by atoms with Gasteiger partial charge < -0.3 is 15.2 Å². The van der Waals surface area contributed by atoms with E-state index in [1.807, 2.05) is 7.05 Å². The molecule has 0 aromatic carbocycles. The summed E-state index contributed by atoms with van der Waals surface area (Å²) in [5, 5.41) is 13.9. The molecule has 5 rings (SSSR count). The molecule has 174 valence electrons. The third-order valence-electron chi connectivity index (χ3n) is 6.45.